The molecule has 0 unspecified atom stereocenters. The van der Waals surface area contributed by atoms with E-state index in [0.29, 0.717) is 0 Å². The minimum Gasteiger partial charge on any atom is -0.497 e. The average Bonchev–Trinajstić information content (AvgIpc) is 2.58. The minimum absolute atomic E-state index is 0.0940. The zero-order valence-electron chi connectivity index (χ0n) is 16.0. The van der Waals surface area contributed by atoms with Gasteiger partial charge in [0.15, 0.2) is 0 Å². The molecule has 0 spiro atoms. The fourth-order valence-corrected chi connectivity index (χ4v) is 4.44. The number of carbonyl (C=O) groups is 1. The molecule has 0 aliphatic carbocycles. The monoisotopic (exact) mass is 364 g/mol. The zero-order valence-corrected chi connectivity index (χ0v) is 16.8. The number of piperidine rings is 1. The molecule has 1 aromatic rings. The topological polar surface area (TPSA) is 41.6 Å². The molecule has 1 amide bonds. The fraction of sp³-hybridized carbons (Fsp3) is 0.650. The van der Waals surface area contributed by atoms with E-state index in [1.54, 1.807) is 18.9 Å². The number of hydrogen-bond acceptors (Lipinski definition) is 4. The molecule has 1 N–H and O–H groups in total. The van der Waals surface area contributed by atoms with Crippen molar-refractivity contribution in [2.45, 2.75) is 43.8 Å². The summed E-state index contributed by atoms with van der Waals surface area (Å²) >= 11 is 1.58. The van der Waals surface area contributed by atoms with Gasteiger partial charge in [0, 0.05) is 24.5 Å². The lowest BCUT2D eigenvalue weighted by atomic mass is 9.92. The number of benzene rings is 1. The van der Waals surface area contributed by atoms with Crippen molar-refractivity contribution in [3.8, 4) is 5.75 Å². The van der Waals surface area contributed by atoms with Gasteiger partial charge in [-0.3, -0.25) is 4.79 Å². The molecule has 25 heavy (non-hydrogen) atoms. The molecule has 4 nitrogen and oxygen atoms in total. The molecule has 1 fully saturated rings. The quantitative estimate of drug-likeness (QED) is 0.565. The van der Waals surface area contributed by atoms with Crippen LogP contribution in [0, 0.1) is 11.8 Å². The van der Waals surface area contributed by atoms with Gasteiger partial charge in [-0.1, -0.05) is 13.8 Å². The van der Waals surface area contributed by atoms with E-state index in [-0.39, 0.29) is 11.2 Å². The van der Waals surface area contributed by atoms with Gasteiger partial charge in [-0.25, -0.2) is 0 Å². The number of amides is 1. The first kappa shape index (κ1) is 20.1. The summed E-state index contributed by atoms with van der Waals surface area (Å²) in [6.07, 6.45) is 2.36. The van der Waals surface area contributed by atoms with Crippen molar-refractivity contribution in [3.05, 3.63) is 24.3 Å². The van der Waals surface area contributed by atoms with E-state index in [9.17, 15) is 4.79 Å². The van der Waals surface area contributed by atoms with Gasteiger partial charge in [0.2, 0.25) is 5.91 Å². The summed E-state index contributed by atoms with van der Waals surface area (Å²) in [5, 5.41) is 2.98. The molecular weight excluding hydrogens is 332 g/mol. The van der Waals surface area contributed by atoms with Gasteiger partial charge in [-0.05, 0) is 62.4 Å². The molecule has 0 bridgehead atoms. The number of nitrogens with one attached hydrogen (secondary N) is 1. The van der Waals surface area contributed by atoms with Crippen LogP contribution in [0.3, 0.4) is 0 Å². The number of carbonyl (C=O) groups excluding carboxylic acids is 1. The van der Waals surface area contributed by atoms with Crippen molar-refractivity contribution in [1.82, 2.24) is 10.2 Å². The summed E-state index contributed by atoms with van der Waals surface area (Å²) in [6.45, 7) is 10.9. The number of rotatable bonds is 8. The lowest BCUT2D eigenvalue weighted by molar-refractivity contribution is -0.120. The van der Waals surface area contributed by atoms with Crippen LogP contribution in [0.4, 0.5) is 0 Å². The molecule has 3 atom stereocenters. The lowest BCUT2D eigenvalue weighted by Gasteiger charge is -2.34. The van der Waals surface area contributed by atoms with Gasteiger partial charge in [-0.15, -0.1) is 11.8 Å². The van der Waals surface area contributed by atoms with Crippen molar-refractivity contribution in [3.63, 3.8) is 0 Å². The summed E-state index contributed by atoms with van der Waals surface area (Å²) in [6, 6.07) is 7.83. The SMILES string of the molecule is COc1ccc(S[C@@H](C)C(=O)NCCCN2C[C@H](C)C[C@@H](C)C2)cc1. The molecule has 1 aliphatic rings. The Morgan fingerprint density at radius 2 is 1.92 bits per heavy atom. The zero-order chi connectivity index (χ0) is 18.2. The van der Waals surface area contributed by atoms with Crippen molar-refractivity contribution in [2.75, 3.05) is 33.3 Å². The maximum absolute atomic E-state index is 12.3. The minimum atomic E-state index is -0.0940. The Labute approximate surface area is 156 Å². The highest BCUT2D eigenvalue weighted by molar-refractivity contribution is 8.00. The standard InChI is InChI=1S/C20H32N2O2S/c1-15-12-16(2)14-22(13-15)11-5-10-21-20(23)17(3)25-19-8-6-18(24-4)7-9-19/h6-9,15-17H,5,10-14H2,1-4H3,(H,21,23)/t15-,16-,17+/m1/s1. The maximum atomic E-state index is 12.3. The predicted molar refractivity (Wildman–Crippen MR) is 105 cm³/mol. The van der Waals surface area contributed by atoms with Crippen LogP contribution >= 0.6 is 11.8 Å². The summed E-state index contributed by atoms with van der Waals surface area (Å²) in [4.78, 5) is 15.9. The molecule has 1 aliphatic heterocycles. The normalized spacial score (nSPS) is 22.4. The molecule has 1 aromatic carbocycles. The lowest BCUT2D eigenvalue weighted by Crippen LogP contribution is -2.40. The van der Waals surface area contributed by atoms with Crippen molar-refractivity contribution in [2.24, 2.45) is 11.8 Å². The molecule has 0 radical (unpaired) electrons. The molecule has 140 valence electrons. The van der Waals surface area contributed by atoms with Crippen LogP contribution in [0.25, 0.3) is 0 Å². The van der Waals surface area contributed by atoms with Crippen LogP contribution in [0.15, 0.2) is 29.2 Å². The molecular formula is C20H32N2O2S. The van der Waals surface area contributed by atoms with E-state index in [1.165, 1.54) is 19.5 Å². The van der Waals surface area contributed by atoms with E-state index in [2.05, 4.69) is 24.1 Å². The second kappa shape index (κ2) is 10.1. The second-order valence-electron chi connectivity index (χ2n) is 7.29. The first-order valence-electron chi connectivity index (χ1n) is 9.28. The average molecular weight is 365 g/mol. The van der Waals surface area contributed by atoms with Crippen molar-refractivity contribution >= 4 is 17.7 Å². The number of methoxy groups -OCH3 is 1. The highest BCUT2D eigenvalue weighted by Gasteiger charge is 2.21. The number of thioether (sulfide) groups is 1. The third-order valence-corrected chi connectivity index (χ3v) is 5.75. The van der Waals surface area contributed by atoms with E-state index in [4.69, 9.17) is 4.74 Å². The van der Waals surface area contributed by atoms with Crippen molar-refractivity contribution < 1.29 is 9.53 Å². The Bertz CT molecular complexity index is 525. The van der Waals surface area contributed by atoms with Gasteiger partial charge < -0.3 is 15.0 Å². The van der Waals surface area contributed by atoms with Crippen LogP contribution in [-0.2, 0) is 4.79 Å². The van der Waals surface area contributed by atoms with E-state index < -0.39 is 0 Å². The Kier molecular flexibility index (Phi) is 8.10. The molecule has 2 rings (SSSR count). The van der Waals surface area contributed by atoms with Crippen LogP contribution in [0.5, 0.6) is 5.75 Å². The first-order valence-corrected chi connectivity index (χ1v) is 10.2. The van der Waals surface area contributed by atoms with Gasteiger partial charge in [-0.2, -0.15) is 0 Å². The number of hydrogen-bond donors (Lipinski definition) is 1. The summed E-state index contributed by atoms with van der Waals surface area (Å²) in [5.41, 5.74) is 0. The van der Waals surface area contributed by atoms with E-state index in [1.807, 2.05) is 31.2 Å². The van der Waals surface area contributed by atoms with Gasteiger partial charge in [0.25, 0.3) is 0 Å². The van der Waals surface area contributed by atoms with Gasteiger partial charge in [0.05, 0.1) is 12.4 Å². The van der Waals surface area contributed by atoms with Gasteiger partial charge in [0.1, 0.15) is 5.75 Å². The third-order valence-electron chi connectivity index (χ3n) is 4.64. The molecule has 5 heteroatoms. The fourth-order valence-electron chi connectivity index (χ4n) is 3.54. The predicted octanol–water partition coefficient (Wildman–Crippen LogP) is 3.66. The molecule has 1 saturated heterocycles. The van der Waals surface area contributed by atoms with E-state index >= 15 is 0 Å². The Morgan fingerprint density at radius 1 is 1.28 bits per heavy atom. The highest BCUT2D eigenvalue weighted by Crippen LogP contribution is 2.25. The van der Waals surface area contributed by atoms with Crippen LogP contribution < -0.4 is 10.1 Å². The van der Waals surface area contributed by atoms with Crippen LogP contribution in [0.1, 0.15) is 33.6 Å². The number of ether oxygens (including phenoxy) is 1. The Balaban J connectivity index is 1.65. The largest absolute Gasteiger partial charge is 0.497 e. The Hall–Kier alpha value is -1.20. The van der Waals surface area contributed by atoms with Crippen LogP contribution in [-0.4, -0.2) is 49.3 Å². The number of likely N-dealkylation sites (tertiary alicyclic amines) is 1. The van der Waals surface area contributed by atoms with Gasteiger partial charge >= 0.3 is 0 Å². The summed E-state index contributed by atoms with van der Waals surface area (Å²) in [7, 11) is 1.66. The molecule has 0 saturated carbocycles. The number of nitrogens with zero attached hydrogens (tertiary/aromatic N) is 1. The smallest absolute Gasteiger partial charge is 0.233 e. The highest BCUT2D eigenvalue weighted by atomic mass is 32.2. The summed E-state index contributed by atoms with van der Waals surface area (Å²) in [5.74, 6) is 2.53. The second-order valence-corrected chi connectivity index (χ2v) is 8.70. The molecule has 0 aromatic heterocycles. The Morgan fingerprint density at radius 3 is 2.52 bits per heavy atom. The van der Waals surface area contributed by atoms with E-state index in [0.717, 1.165) is 42.0 Å². The molecule has 1 heterocycles. The summed E-state index contributed by atoms with van der Waals surface area (Å²) < 4.78 is 5.16. The maximum Gasteiger partial charge on any atom is 0.233 e. The van der Waals surface area contributed by atoms with Crippen molar-refractivity contribution in [1.29, 1.82) is 0 Å². The van der Waals surface area contributed by atoms with Crippen LogP contribution in [0.2, 0.25) is 0 Å². The third kappa shape index (κ3) is 6.90. The first-order chi connectivity index (χ1) is 12.0.